The summed E-state index contributed by atoms with van der Waals surface area (Å²) in [4.78, 5) is 28.9. The lowest BCUT2D eigenvalue weighted by molar-refractivity contribution is -0.128. The fraction of sp³-hybridized carbons (Fsp3) is 0.538. The van der Waals surface area contributed by atoms with E-state index in [4.69, 9.17) is 4.74 Å². The van der Waals surface area contributed by atoms with E-state index in [2.05, 4.69) is 10.2 Å². The highest BCUT2D eigenvalue weighted by Crippen LogP contribution is 2.49. The number of aliphatic hydroxyl groups is 1. The van der Waals surface area contributed by atoms with Crippen LogP contribution >= 0.6 is 0 Å². The van der Waals surface area contributed by atoms with Gasteiger partial charge in [-0.2, -0.15) is 0 Å². The highest BCUT2D eigenvalue weighted by atomic mass is 19.1. The number of nitrogens with one attached hydrogen (secondary N) is 1. The van der Waals surface area contributed by atoms with Crippen LogP contribution in [0.5, 0.6) is 0 Å². The van der Waals surface area contributed by atoms with Crippen molar-refractivity contribution in [1.82, 2.24) is 14.8 Å². The van der Waals surface area contributed by atoms with Gasteiger partial charge < -0.3 is 19.7 Å². The molecule has 182 valence electrons. The Morgan fingerprint density at radius 1 is 1.24 bits per heavy atom. The largest absolute Gasteiger partial charge is 0.396 e. The summed E-state index contributed by atoms with van der Waals surface area (Å²) in [6.45, 7) is 4.90. The summed E-state index contributed by atoms with van der Waals surface area (Å²) in [6.07, 6.45) is 1.87. The quantitative estimate of drug-likeness (QED) is 0.678. The van der Waals surface area contributed by atoms with Crippen LogP contribution in [-0.2, 0) is 16.1 Å². The number of hydrogen-bond donors (Lipinski definition) is 2. The summed E-state index contributed by atoms with van der Waals surface area (Å²) in [5.41, 5.74) is 1.72. The highest BCUT2D eigenvalue weighted by Gasteiger charge is 2.55. The van der Waals surface area contributed by atoms with Crippen molar-refractivity contribution in [1.29, 1.82) is 0 Å². The number of ether oxygens (including phenoxy) is 1. The summed E-state index contributed by atoms with van der Waals surface area (Å²) in [6, 6.07) is 9.23. The number of likely N-dealkylation sites (N-methyl/N-ethyl adjacent to an activating group) is 1. The van der Waals surface area contributed by atoms with Gasteiger partial charge in [-0.3, -0.25) is 14.5 Å². The van der Waals surface area contributed by atoms with Gasteiger partial charge in [0.15, 0.2) is 0 Å². The summed E-state index contributed by atoms with van der Waals surface area (Å²) in [5, 5.41) is 13.3. The first-order chi connectivity index (χ1) is 16.5. The first kappa shape index (κ1) is 23.2. The molecule has 1 aromatic heterocycles. The van der Waals surface area contributed by atoms with Crippen molar-refractivity contribution in [2.45, 2.75) is 38.4 Å². The molecule has 2 N–H and O–H groups in total. The van der Waals surface area contributed by atoms with E-state index in [0.717, 1.165) is 38.3 Å². The number of rotatable bonds is 6. The number of pyridine rings is 1. The number of hydrogen-bond acceptors (Lipinski definition) is 5. The zero-order valence-corrected chi connectivity index (χ0v) is 19.5. The number of aromatic nitrogens is 1. The van der Waals surface area contributed by atoms with Crippen LogP contribution in [-0.4, -0.2) is 59.4 Å². The minimum atomic E-state index is -0.436. The molecule has 0 spiro atoms. The van der Waals surface area contributed by atoms with E-state index in [1.807, 2.05) is 13.0 Å². The Hall–Kier alpha value is -2.55. The molecule has 1 amide bonds. The number of carbonyl (C=O) groups is 1. The standard InChI is InChI=1S/C26H32FN3O4/c1-2-28-25(32)24-21(15-31)20-14-29-22(23(20)30(24)13-16-8-10-34-11-9-16)7-6-19(26(29)33)17-4-3-5-18(27)12-17/h3-7,12,16,20-21,23-24,31H,2,8-11,13-15H2,1H3,(H,28,32)/t20-,21-,23+,24-/m1/s1. The predicted molar refractivity (Wildman–Crippen MR) is 126 cm³/mol. The Labute approximate surface area is 198 Å². The molecule has 34 heavy (non-hydrogen) atoms. The molecule has 1 aromatic carbocycles. The molecule has 2 fully saturated rings. The summed E-state index contributed by atoms with van der Waals surface area (Å²) >= 11 is 0. The molecule has 0 aliphatic carbocycles. The van der Waals surface area contributed by atoms with Crippen molar-refractivity contribution in [3.63, 3.8) is 0 Å². The van der Waals surface area contributed by atoms with Crippen molar-refractivity contribution >= 4 is 5.91 Å². The molecule has 8 heteroatoms. The second kappa shape index (κ2) is 9.60. The number of carbonyl (C=O) groups excluding carboxylic acids is 1. The normalized spacial score (nSPS) is 26.9. The molecular formula is C26H32FN3O4. The van der Waals surface area contributed by atoms with Gasteiger partial charge in [0, 0.05) is 62.5 Å². The topological polar surface area (TPSA) is 83.8 Å². The fourth-order valence-corrected chi connectivity index (χ4v) is 6.20. The molecule has 7 nitrogen and oxygen atoms in total. The zero-order chi connectivity index (χ0) is 23.8. The lowest BCUT2D eigenvalue weighted by Crippen LogP contribution is -2.49. The average Bonchev–Trinajstić information content (AvgIpc) is 3.36. The molecule has 0 bridgehead atoms. The van der Waals surface area contributed by atoms with Gasteiger partial charge in [-0.25, -0.2) is 4.39 Å². The Kier molecular flexibility index (Phi) is 6.55. The van der Waals surface area contributed by atoms with Crippen molar-refractivity contribution in [3.8, 4) is 11.1 Å². The van der Waals surface area contributed by atoms with Crippen LogP contribution in [0.4, 0.5) is 4.39 Å². The molecule has 4 atom stereocenters. The third-order valence-corrected chi connectivity index (χ3v) is 7.76. The summed E-state index contributed by atoms with van der Waals surface area (Å²) in [7, 11) is 0. The fourth-order valence-electron chi connectivity index (χ4n) is 6.20. The van der Waals surface area contributed by atoms with Crippen LogP contribution in [0, 0.1) is 23.6 Å². The molecule has 0 saturated carbocycles. The lowest BCUT2D eigenvalue weighted by Gasteiger charge is -2.35. The number of fused-ring (bicyclic) bond motifs is 3. The summed E-state index contributed by atoms with van der Waals surface area (Å²) in [5.74, 6) is -0.363. The van der Waals surface area contributed by atoms with E-state index in [-0.39, 0.29) is 41.8 Å². The van der Waals surface area contributed by atoms with Crippen LogP contribution in [0.1, 0.15) is 31.5 Å². The molecule has 3 aliphatic rings. The molecule has 0 radical (unpaired) electrons. The number of amides is 1. The van der Waals surface area contributed by atoms with Gasteiger partial charge in [0.2, 0.25) is 5.91 Å². The number of likely N-dealkylation sites (tertiary alicyclic amines) is 1. The summed E-state index contributed by atoms with van der Waals surface area (Å²) < 4.78 is 21.1. The Balaban J connectivity index is 1.54. The second-order valence-corrected chi connectivity index (χ2v) is 9.65. The molecule has 2 aromatic rings. The van der Waals surface area contributed by atoms with Gasteiger partial charge in [-0.05, 0) is 55.5 Å². The van der Waals surface area contributed by atoms with Crippen molar-refractivity contribution in [2.75, 3.05) is 32.9 Å². The average molecular weight is 470 g/mol. The van der Waals surface area contributed by atoms with Gasteiger partial charge >= 0.3 is 0 Å². The van der Waals surface area contributed by atoms with E-state index in [9.17, 15) is 19.1 Å². The molecule has 4 heterocycles. The monoisotopic (exact) mass is 469 g/mol. The lowest BCUT2D eigenvalue weighted by atomic mass is 9.88. The number of nitrogens with zero attached hydrogens (tertiary/aromatic N) is 2. The van der Waals surface area contributed by atoms with Crippen molar-refractivity contribution < 1.29 is 19.0 Å². The zero-order valence-electron chi connectivity index (χ0n) is 19.5. The van der Waals surface area contributed by atoms with E-state index < -0.39 is 6.04 Å². The Bertz CT molecular complexity index is 1110. The molecule has 5 rings (SSSR count). The van der Waals surface area contributed by atoms with Crippen LogP contribution in [0.3, 0.4) is 0 Å². The molecule has 3 aliphatic heterocycles. The van der Waals surface area contributed by atoms with Crippen LogP contribution in [0.15, 0.2) is 41.2 Å². The van der Waals surface area contributed by atoms with E-state index in [0.29, 0.717) is 30.1 Å². The van der Waals surface area contributed by atoms with E-state index in [1.165, 1.54) is 12.1 Å². The third-order valence-electron chi connectivity index (χ3n) is 7.76. The van der Waals surface area contributed by atoms with Gasteiger partial charge in [0.1, 0.15) is 5.82 Å². The maximum Gasteiger partial charge on any atom is 0.258 e. The van der Waals surface area contributed by atoms with E-state index in [1.54, 1.807) is 22.8 Å². The van der Waals surface area contributed by atoms with Crippen LogP contribution < -0.4 is 10.9 Å². The molecule has 2 saturated heterocycles. The Morgan fingerprint density at radius 2 is 2.03 bits per heavy atom. The maximum absolute atomic E-state index is 13.8. The van der Waals surface area contributed by atoms with Gasteiger partial charge in [-0.1, -0.05) is 12.1 Å². The minimum absolute atomic E-state index is 0.0482. The second-order valence-electron chi connectivity index (χ2n) is 9.65. The van der Waals surface area contributed by atoms with Crippen LogP contribution in [0.2, 0.25) is 0 Å². The maximum atomic E-state index is 13.8. The third kappa shape index (κ3) is 3.97. The highest BCUT2D eigenvalue weighted by molar-refractivity contribution is 5.82. The first-order valence-electron chi connectivity index (χ1n) is 12.2. The minimum Gasteiger partial charge on any atom is -0.396 e. The molecular weight excluding hydrogens is 437 g/mol. The van der Waals surface area contributed by atoms with Crippen molar-refractivity contribution in [3.05, 3.63) is 58.3 Å². The first-order valence-corrected chi connectivity index (χ1v) is 12.2. The van der Waals surface area contributed by atoms with E-state index >= 15 is 0 Å². The SMILES string of the molecule is CCNC(=O)[C@H]1[C@H](CO)[C@H]2Cn3c(ccc(-c4cccc(F)c4)c3=O)[C@H]2N1CC1CCOCC1. The number of aliphatic hydroxyl groups excluding tert-OH is 1. The predicted octanol–water partition coefficient (Wildman–Crippen LogP) is 2.18. The number of benzene rings is 1. The van der Waals surface area contributed by atoms with Gasteiger partial charge in [0.25, 0.3) is 5.56 Å². The Morgan fingerprint density at radius 3 is 2.74 bits per heavy atom. The van der Waals surface area contributed by atoms with Gasteiger partial charge in [0.05, 0.1) is 12.1 Å². The molecule has 0 unspecified atom stereocenters. The van der Waals surface area contributed by atoms with Crippen LogP contribution in [0.25, 0.3) is 11.1 Å². The van der Waals surface area contributed by atoms with Gasteiger partial charge in [-0.15, -0.1) is 0 Å². The smallest absolute Gasteiger partial charge is 0.258 e. The number of halogens is 1. The van der Waals surface area contributed by atoms with Crippen molar-refractivity contribution in [2.24, 2.45) is 17.8 Å².